The van der Waals surface area contributed by atoms with Crippen LogP contribution in [0, 0.1) is 29.9 Å². The van der Waals surface area contributed by atoms with Crippen LogP contribution in [-0.2, 0) is 10.0 Å². The highest BCUT2D eigenvalue weighted by Gasteiger charge is 2.27. The van der Waals surface area contributed by atoms with Crippen molar-refractivity contribution in [3.8, 4) is 0 Å². The van der Waals surface area contributed by atoms with E-state index in [4.69, 9.17) is 0 Å². The van der Waals surface area contributed by atoms with Gasteiger partial charge >= 0.3 is 0 Å². The number of aryl methyl sites for hydroxylation is 2. The van der Waals surface area contributed by atoms with Crippen LogP contribution in [0.4, 0.5) is 5.69 Å². The van der Waals surface area contributed by atoms with Crippen molar-refractivity contribution in [3.63, 3.8) is 0 Å². The number of hydrogen-bond acceptors (Lipinski definition) is 8. The summed E-state index contributed by atoms with van der Waals surface area (Å²) in [5.41, 5.74) is 0.787. The first kappa shape index (κ1) is 21.3. The van der Waals surface area contributed by atoms with Gasteiger partial charge in [-0.2, -0.15) is 0 Å². The number of nitro benzene ring substituents is 1. The number of aromatic nitrogens is 2. The number of rotatable bonds is 6. The van der Waals surface area contributed by atoms with Crippen LogP contribution in [0.15, 0.2) is 23.1 Å². The lowest BCUT2D eigenvalue weighted by molar-refractivity contribution is -0.385. The van der Waals surface area contributed by atoms with E-state index in [2.05, 4.69) is 14.3 Å². The summed E-state index contributed by atoms with van der Waals surface area (Å²) in [5.74, 6) is -0.0164. The van der Waals surface area contributed by atoms with Crippen molar-refractivity contribution < 1.29 is 18.1 Å². The van der Waals surface area contributed by atoms with Crippen LogP contribution in [0.2, 0.25) is 0 Å². The number of sulfonamides is 1. The largest absolute Gasteiger partial charge is 0.338 e. The minimum Gasteiger partial charge on any atom is -0.338 e. The molecule has 0 radical (unpaired) electrons. The molecule has 0 atom stereocenters. The van der Waals surface area contributed by atoms with E-state index in [1.54, 1.807) is 18.7 Å². The number of nitrogens with one attached hydrogen (secondary N) is 1. The maximum Gasteiger partial charge on any atom is 0.270 e. The Kier molecular flexibility index (Phi) is 6.24. The van der Waals surface area contributed by atoms with E-state index in [1.165, 1.54) is 12.1 Å². The topological polar surface area (TPSA) is 135 Å². The van der Waals surface area contributed by atoms with Gasteiger partial charge in [-0.1, -0.05) is 10.6 Å². The van der Waals surface area contributed by atoms with Crippen LogP contribution in [0.25, 0.3) is 0 Å². The lowest BCUT2D eigenvalue weighted by Gasteiger charge is -2.31. The van der Waals surface area contributed by atoms with E-state index in [9.17, 15) is 23.3 Å². The Morgan fingerprint density at radius 3 is 2.62 bits per heavy atom. The lowest BCUT2D eigenvalue weighted by atomic mass is 9.97. The summed E-state index contributed by atoms with van der Waals surface area (Å²) < 4.78 is 31.6. The zero-order valence-electron chi connectivity index (χ0n) is 16.0. The van der Waals surface area contributed by atoms with Crippen molar-refractivity contribution in [1.29, 1.82) is 0 Å². The second kappa shape index (κ2) is 8.51. The first-order chi connectivity index (χ1) is 13.7. The number of carbonyl (C=O) groups is 1. The number of likely N-dealkylation sites (tertiary alicyclic amines) is 1. The van der Waals surface area contributed by atoms with E-state index in [0.29, 0.717) is 42.1 Å². The molecular weight excluding hydrogens is 418 g/mol. The summed E-state index contributed by atoms with van der Waals surface area (Å²) in [4.78, 5) is 25.0. The fraction of sp³-hybridized carbons (Fsp3) is 0.471. The summed E-state index contributed by atoms with van der Waals surface area (Å²) in [6.07, 6.45) is 1.32. The van der Waals surface area contributed by atoms with Crippen LogP contribution in [0.5, 0.6) is 0 Å². The molecule has 1 aromatic carbocycles. The van der Waals surface area contributed by atoms with Gasteiger partial charge in [-0.05, 0) is 49.7 Å². The Bertz CT molecular complexity index is 1030. The molecule has 156 valence electrons. The van der Waals surface area contributed by atoms with Crippen molar-refractivity contribution in [3.05, 3.63) is 44.4 Å². The normalized spacial score (nSPS) is 15.4. The molecular formula is C17H21N5O5S2. The molecule has 1 N–H and O–H groups in total. The van der Waals surface area contributed by atoms with Gasteiger partial charge in [0.15, 0.2) is 0 Å². The first-order valence-electron chi connectivity index (χ1n) is 9.02. The van der Waals surface area contributed by atoms with E-state index in [0.717, 1.165) is 17.6 Å². The molecule has 1 saturated heterocycles. The van der Waals surface area contributed by atoms with Gasteiger partial charge in [0, 0.05) is 31.8 Å². The third-order valence-electron chi connectivity index (χ3n) is 4.98. The van der Waals surface area contributed by atoms with Crippen molar-refractivity contribution >= 4 is 33.2 Å². The minimum atomic E-state index is -3.87. The Labute approximate surface area is 172 Å². The van der Waals surface area contributed by atoms with Gasteiger partial charge < -0.3 is 4.90 Å². The fourth-order valence-corrected chi connectivity index (χ4v) is 5.21. The summed E-state index contributed by atoms with van der Waals surface area (Å²) >= 11 is 1.08. The molecule has 0 spiro atoms. The molecule has 2 aromatic rings. The van der Waals surface area contributed by atoms with Crippen LogP contribution in [-0.4, -0.2) is 53.4 Å². The molecule has 3 rings (SSSR count). The molecule has 0 saturated carbocycles. The molecule has 0 aliphatic carbocycles. The number of nitrogens with zero attached hydrogens (tertiary/aromatic N) is 4. The average molecular weight is 440 g/mol. The van der Waals surface area contributed by atoms with E-state index in [-0.39, 0.29) is 29.0 Å². The lowest BCUT2D eigenvalue weighted by Crippen LogP contribution is -2.41. The molecule has 29 heavy (non-hydrogen) atoms. The SMILES string of the molecule is Cc1ccc([N+](=O)[O-])cc1S(=O)(=O)NCC1CCN(C(=O)c2snnc2C)CC1. The zero-order chi connectivity index (χ0) is 21.2. The van der Waals surface area contributed by atoms with Gasteiger partial charge in [0.1, 0.15) is 4.88 Å². The van der Waals surface area contributed by atoms with Gasteiger partial charge in [0.05, 0.1) is 15.5 Å². The predicted octanol–water partition coefficient (Wildman–Crippen LogP) is 1.89. The monoisotopic (exact) mass is 439 g/mol. The third kappa shape index (κ3) is 4.77. The van der Waals surface area contributed by atoms with Crippen molar-refractivity contribution in [2.24, 2.45) is 5.92 Å². The van der Waals surface area contributed by atoms with Crippen LogP contribution in [0.1, 0.15) is 33.8 Å². The maximum absolute atomic E-state index is 12.6. The van der Waals surface area contributed by atoms with Crippen molar-refractivity contribution in [2.45, 2.75) is 31.6 Å². The van der Waals surface area contributed by atoms with Gasteiger partial charge in [-0.15, -0.1) is 5.10 Å². The van der Waals surface area contributed by atoms with Gasteiger partial charge in [0.25, 0.3) is 11.6 Å². The number of benzene rings is 1. The molecule has 0 bridgehead atoms. The molecule has 2 heterocycles. The molecule has 1 fully saturated rings. The summed E-state index contributed by atoms with van der Waals surface area (Å²) in [6, 6.07) is 3.78. The smallest absolute Gasteiger partial charge is 0.270 e. The summed E-state index contributed by atoms with van der Waals surface area (Å²) in [5, 5.41) is 14.8. The summed E-state index contributed by atoms with van der Waals surface area (Å²) in [6.45, 7) is 4.61. The molecule has 1 amide bonds. The van der Waals surface area contributed by atoms with Gasteiger partial charge in [-0.3, -0.25) is 14.9 Å². The molecule has 12 heteroatoms. The number of non-ortho nitro benzene ring substituents is 1. The zero-order valence-corrected chi connectivity index (χ0v) is 17.6. The third-order valence-corrected chi connectivity index (χ3v) is 7.36. The number of piperidine rings is 1. The average Bonchev–Trinajstić information content (AvgIpc) is 3.12. The number of nitro groups is 1. The second-order valence-corrected chi connectivity index (χ2v) is 9.47. The number of hydrogen-bond donors (Lipinski definition) is 1. The highest BCUT2D eigenvalue weighted by molar-refractivity contribution is 7.89. The Hall–Kier alpha value is -2.44. The minimum absolute atomic E-state index is 0.0773. The molecule has 1 aliphatic heterocycles. The number of amides is 1. The van der Waals surface area contributed by atoms with E-state index in [1.807, 2.05) is 0 Å². The van der Waals surface area contributed by atoms with Gasteiger partial charge in [-0.25, -0.2) is 13.1 Å². The van der Waals surface area contributed by atoms with E-state index < -0.39 is 14.9 Å². The standard InChI is InChI=1S/C17H21N5O5S2/c1-11-3-4-14(22(24)25)9-15(11)29(26,27)18-10-13-5-7-21(8-6-13)17(23)16-12(2)19-20-28-16/h3-4,9,13,18H,5-8,10H2,1-2H3. The number of carbonyl (C=O) groups excluding carboxylic acids is 1. The first-order valence-corrected chi connectivity index (χ1v) is 11.3. The quantitative estimate of drug-likeness (QED) is 0.536. The molecule has 0 unspecified atom stereocenters. The Balaban J connectivity index is 1.59. The van der Waals surface area contributed by atoms with Gasteiger partial charge in [0.2, 0.25) is 10.0 Å². The van der Waals surface area contributed by atoms with Crippen molar-refractivity contribution in [2.75, 3.05) is 19.6 Å². The van der Waals surface area contributed by atoms with Crippen molar-refractivity contribution in [1.82, 2.24) is 19.2 Å². The highest BCUT2D eigenvalue weighted by atomic mass is 32.2. The second-order valence-electron chi connectivity index (χ2n) is 6.98. The molecule has 1 aromatic heterocycles. The molecule has 10 nitrogen and oxygen atoms in total. The van der Waals surface area contributed by atoms with E-state index >= 15 is 0 Å². The fourth-order valence-electron chi connectivity index (χ4n) is 3.21. The predicted molar refractivity (Wildman–Crippen MR) is 106 cm³/mol. The Morgan fingerprint density at radius 1 is 1.34 bits per heavy atom. The molecule has 1 aliphatic rings. The maximum atomic E-state index is 12.6. The van der Waals surface area contributed by atoms with Crippen LogP contribution >= 0.6 is 11.5 Å². The summed E-state index contributed by atoms with van der Waals surface area (Å²) in [7, 11) is -3.87. The highest BCUT2D eigenvalue weighted by Crippen LogP contribution is 2.24. The Morgan fingerprint density at radius 2 is 2.03 bits per heavy atom. The van der Waals surface area contributed by atoms with Crippen LogP contribution in [0.3, 0.4) is 0 Å². The van der Waals surface area contributed by atoms with Crippen LogP contribution < -0.4 is 4.72 Å².